The second-order valence-electron chi connectivity index (χ2n) is 6.74. The van der Waals surface area contributed by atoms with E-state index >= 15 is 0 Å². The van der Waals surface area contributed by atoms with Crippen LogP contribution in [0.5, 0.6) is 0 Å². The molecule has 140 valence electrons. The van der Waals surface area contributed by atoms with Gasteiger partial charge in [0.15, 0.2) is 0 Å². The van der Waals surface area contributed by atoms with Gasteiger partial charge in [-0.2, -0.15) is 0 Å². The summed E-state index contributed by atoms with van der Waals surface area (Å²) in [7, 11) is -4.05. The van der Waals surface area contributed by atoms with E-state index in [0.29, 0.717) is 6.42 Å². The normalized spacial score (nSPS) is 12.8. The third-order valence-electron chi connectivity index (χ3n) is 4.32. The van der Waals surface area contributed by atoms with Gasteiger partial charge in [0, 0.05) is 5.75 Å². The summed E-state index contributed by atoms with van der Waals surface area (Å²) in [5.74, 6) is -0.256. The quantitative estimate of drug-likeness (QED) is 0.234. The van der Waals surface area contributed by atoms with Gasteiger partial charge in [0.1, 0.15) is 0 Å². The van der Waals surface area contributed by atoms with E-state index in [1.165, 1.54) is 51.4 Å². The molecule has 0 aliphatic heterocycles. The summed E-state index contributed by atoms with van der Waals surface area (Å²) in [6.07, 6.45) is 16.1. The van der Waals surface area contributed by atoms with Crippen molar-refractivity contribution in [2.45, 2.75) is 109 Å². The Hall–Kier alpha value is 1.51. The molecule has 1 unspecified atom stereocenters. The minimum absolute atomic E-state index is 0. The molecule has 0 amide bonds. The molecule has 0 aliphatic carbocycles. The fraction of sp³-hybridized carbons (Fsp3) is 1.00. The molecule has 0 heterocycles. The number of hydrogen-bond donors (Lipinski definition) is 1. The van der Waals surface area contributed by atoms with Gasteiger partial charge in [0.25, 0.3) is 0 Å². The zero-order valence-electron chi connectivity index (χ0n) is 16.0. The average Bonchev–Trinajstić information content (AvgIpc) is 2.48. The van der Waals surface area contributed by atoms with E-state index in [0.717, 1.165) is 38.5 Å². The summed E-state index contributed by atoms with van der Waals surface area (Å²) in [6, 6.07) is 0. The van der Waals surface area contributed by atoms with Gasteiger partial charge in [0.05, 0.1) is 16.2 Å². The van der Waals surface area contributed by atoms with Crippen LogP contribution in [0.15, 0.2) is 0 Å². The van der Waals surface area contributed by atoms with Crippen LogP contribution >= 0.6 is 0 Å². The van der Waals surface area contributed by atoms with E-state index in [1.807, 2.05) is 0 Å². The number of unbranched alkanes of at least 4 members (excludes halogenated alkanes) is 11. The average molecular weight is 389 g/mol. The maximum Gasteiger partial charge on any atom is 1.00 e. The van der Waals surface area contributed by atoms with Crippen LogP contribution in [-0.4, -0.2) is 29.9 Å². The molecule has 0 saturated carbocycles. The summed E-state index contributed by atoms with van der Waals surface area (Å²) in [5, 5.41) is 9.89. The Kier molecular flexibility index (Phi) is 22.3. The summed E-state index contributed by atoms with van der Waals surface area (Å²) in [6.45, 7) is 2.24. The first-order valence-corrected chi connectivity index (χ1v) is 11.1. The topological polar surface area (TPSA) is 77.4 Å². The molecule has 0 spiro atoms. The van der Waals surface area contributed by atoms with Gasteiger partial charge in [-0.3, -0.25) is 0 Å². The van der Waals surface area contributed by atoms with Crippen LogP contribution in [0.2, 0.25) is 0 Å². The van der Waals surface area contributed by atoms with Crippen molar-refractivity contribution in [1.82, 2.24) is 0 Å². The molecule has 6 heteroatoms. The van der Waals surface area contributed by atoms with Crippen LogP contribution in [0.1, 0.15) is 103 Å². The summed E-state index contributed by atoms with van der Waals surface area (Å²) >= 11 is 0. The minimum atomic E-state index is -4.05. The van der Waals surface area contributed by atoms with Crippen molar-refractivity contribution in [1.29, 1.82) is 0 Å². The van der Waals surface area contributed by atoms with E-state index in [4.69, 9.17) is 0 Å². The number of hydrogen-bond acceptors (Lipinski definition) is 4. The Balaban J connectivity index is 0. The second kappa shape index (κ2) is 19.3. The molecule has 24 heavy (non-hydrogen) atoms. The Morgan fingerprint density at radius 3 is 1.54 bits per heavy atom. The van der Waals surface area contributed by atoms with Crippen LogP contribution in [-0.2, 0) is 10.1 Å². The standard InChI is InChI=1S/C18H38O4S.K/c1-2-3-4-5-6-7-8-9-12-15-18(19)16-13-10-11-14-17-23(20,21)22;/h18-19H,2-17H2,1H3,(H,20,21,22);/q;+1/p-1. The molecule has 1 N–H and O–H groups in total. The third-order valence-corrected chi connectivity index (χ3v) is 5.11. The molecule has 4 nitrogen and oxygen atoms in total. The van der Waals surface area contributed by atoms with Gasteiger partial charge in [0.2, 0.25) is 0 Å². The van der Waals surface area contributed by atoms with Gasteiger partial charge in [-0.05, 0) is 19.3 Å². The summed E-state index contributed by atoms with van der Waals surface area (Å²) < 4.78 is 31.3. The van der Waals surface area contributed by atoms with Gasteiger partial charge in [-0.15, -0.1) is 0 Å². The largest absolute Gasteiger partial charge is 1.00 e. The van der Waals surface area contributed by atoms with Crippen LogP contribution in [0, 0.1) is 0 Å². The first-order chi connectivity index (χ1) is 11.0. The van der Waals surface area contributed by atoms with Crippen molar-refractivity contribution >= 4 is 10.1 Å². The van der Waals surface area contributed by atoms with Gasteiger partial charge in [-0.25, -0.2) is 8.42 Å². The van der Waals surface area contributed by atoms with Crippen LogP contribution in [0.25, 0.3) is 0 Å². The van der Waals surface area contributed by atoms with E-state index < -0.39 is 10.1 Å². The molecule has 0 aromatic heterocycles. The molecular weight excluding hydrogens is 351 g/mol. The van der Waals surface area contributed by atoms with Crippen molar-refractivity contribution < 1.29 is 69.5 Å². The monoisotopic (exact) mass is 388 g/mol. The van der Waals surface area contributed by atoms with E-state index in [9.17, 15) is 18.1 Å². The maximum absolute atomic E-state index is 10.4. The Labute approximate surface area is 192 Å². The third kappa shape index (κ3) is 23.5. The van der Waals surface area contributed by atoms with Crippen molar-refractivity contribution in [3.63, 3.8) is 0 Å². The van der Waals surface area contributed by atoms with Crippen molar-refractivity contribution in [3.8, 4) is 0 Å². The molecule has 0 rings (SSSR count). The Bertz CT molecular complexity index is 347. The van der Waals surface area contributed by atoms with Crippen molar-refractivity contribution in [3.05, 3.63) is 0 Å². The minimum Gasteiger partial charge on any atom is -0.748 e. The molecule has 1 atom stereocenters. The predicted molar refractivity (Wildman–Crippen MR) is 95.5 cm³/mol. The SMILES string of the molecule is CCCCCCCCCCCC(O)CCCCCCS(=O)(=O)[O-].[K+]. The molecule has 0 radical (unpaired) electrons. The van der Waals surface area contributed by atoms with Gasteiger partial charge in [-0.1, -0.05) is 84.0 Å². The maximum atomic E-state index is 10.4. The van der Waals surface area contributed by atoms with Gasteiger partial charge >= 0.3 is 51.4 Å². The van der Waals surface area contributed by atoms with E-state index in [1.54, 1.807) is 0 Å². The number of aliphatic hydroxyl groups excluding tert-OH is 1. The molecule has 0 aromatic rings. The molecule has 0 aromatic carbocycles. The van der Waals surface area contributed by atoms with Crippen LogP contribution in [0.3, 0.4) is 0 Å². The number of aliphatic hydroxyl groups is 1. The van der Waals surface area contributed by atoms with Crippen molar-refractivity contribution in [2.75, 3.05) is 5.75 Å². The predicted octanol–water partition coefficient (Wildman–Crippen LogP) is 1.77. The van der Waals surface area contributed by atoms with Crippen LogP contribution in [0.4, 0.5) is 0 Å². The zero-order chi connectivity index (χ0) is 17.4. The number of rotatable bonds is 17. The summed E-state index contributed by atoms with van der Waals surface area (Å²) in [4.78, 5) is 0. The Morgan fingerprint density at radius 2 is 1.12 bits per heavy atom. The first-order valence-electron chi connectivity index (χ1n) is 9.57. The summed E-state index contributed by atoms with van der Waals surface area (Å²) in [5.41, 5.74) is 0. The molecule has 0 aliphatic rings. The fourth-order valence-electron chi connectivity index (χ4n) is 2.85. The molecule has 0 saturated heterocycles. The molecule has 0 bridgehead atoms. The Morgan fingerprint density at radius 1 is 0.750 bits per heavy atom. The van der Waals surface area contributed by atoms with Crippen molar-refractivity contribution in [2.24, 2.45) is 0 Å². The van der Waals surface area contributed by atoms with Gasteiger partial charge < -0.3 is 9.66 Å². The fourth-order valence-corrected chi connectivity index (χ4v) is 3.40. The first kappa shape index (κ1) is 27.7. The molecular formula is C18H37KO4S. The second-order valence-corrected chi connectivity index (χ2v) is 8.26. The smallest absolute Gasteiger partial charge is 0.748 e. The molecule has 0 fully saturated rings. The zero-order valence-corrected chi connectivity index (χ0v) is 19.9. The van der Waals surface area contributed by atoms with E-state index in [-0.39, 0.29) is 63.2 Å². The van der Waals surface area contributed by atoms with Crippen LogP contribution < -0.4 is 51.4 Å². The van der Waals surface area contributed by atoms with E-state index in [2.05, 4.69) is 6.92 Å².